The average Bonchev–Trinajstić information content (AvgIpc) is 2.57. The van der Waals surface area contributed by atoms with E-state index in [4.69, 9.17) is 0 Å². The standard InChI is InChI=1S/C12H22N2O2S2/c1-5-7-18(15,16)8-6-13-9(2)12-10(3)14-11(4)17-12/h9,13H,5-8H2,1-4H3. The van der Waals surface area contributed by atoms with E-state index in [1.54, 1.807) is 11.3 Å². The van der Waals surface area contributed by atoms with E-state index in [-0.39, 0.29) is 17.5 Å². The van der Waals surface area contributed by atoms with E-state index in [1.165, 1.54) is 4.88 Å². The molecule has 1 atom stereocenters. The Morgan fingerprint density at radius 3 is 2.50 bits per heavy atom. The van der Waals surface area contributed by atoms with Gasteiger partial charge in [-0.15, -0.1) is 11.3 Å². The Morgan fingerprint density at radius 2 is 2.00 bits per heavy atom. The van der Waals surface area contributed by atoms with Crippen LogP contribution in [0, 0.1) is 13.8 Å². The van der Waals surface area contributed by atoms with Gasteiger partial charge in [-0.25, -0.2) is 13.4 Å². The van der Waals surface area contributed by atoms with Crippen LogP contribution in [0.15, 0.2) is 0 Å². The number of rotatable bonds is 7. The van der Waals surface area contributed by atoms with Crippen LogP contribution >= 0.6 is 11.3 Å². The van der Waals surface area contributed by atoms with Crippen LogP contribution in [0.4, 0.5) is 0 Å². The zero-order chi connectivity index (χ0) is 13.8. The van der Waals surface area contributed by atoms with Gasteiger partial charge in [-0.1, -0.05) is 6.92 Å². The Labute approximate surface area is 114 Å². The number of hydrogen-bond donors (Lipinski definition) is 1. The van der Waals surface area contributed by atoms with Crippen molar-refractivity contribution in [3.05, 3.63) is 15.6 Å². The summed E-state index contributed by atoms with van der Waals surface area (Å²) in [4.78, 5) is 5.57. The summed E-state index contributed by atoms with van der Waals surface area (Å²) in [5.41, 5.74) is 1.04. The molecule has 1 heterocycles. The number of nitrogens with one attached hydrogen (secondary N) is 1. The van der Waals surface area contributed by atoms with Gasteiger partial charge < -0.3 is 5.32 Å². The summed E-state index contributed by atoms with van der Waals surface area (Å²) in [6.07, 6.45) is 0.686. The molecule has 1 aromatic rings. The zero-order valence-corrected chi connectivity index (χ0v) is 13.1. The predicted molar refractivity (Wildman–Crippen MR) is 77.0 cm³/mol. The Balaban J connectivity index is 2.47. The number of hydrogen-bond acceptors (Lipinski definition) is 5. The van der Waals surface area contributed by atoms with Gasteiger partial charge in [-0.05, 0) is 27.2 Å². The molecule has 4 nitrogen and oxygen atoms in total. The first-order valence-corrected chi connectivity index (χ1v) is 8.87. The Morgan fingerprint density at radius 1 is 1.33 bits per heavy atom. The minimum absolute atomic E-state index is 0.160. The fourth-order valence-corrected chi connectivity index (χ4v) is 4.09. The van der Waals surface area contributed by atoms with Crippen molar-refractivity contribution >= 4 is 21.2 Å². The molecule has 104 valence electrons. The van der Waals surface area contributed by atoms with Crippen LogP contribution in [0.5, 0.6) is 0 Å². The Kier molecular flexibility index (Phi) is 5.75. The predicted octanol–water partition coefficient (Wildman–Crippen LogP) is 2.24. The van der Waals surface area contributed by atoms with E-state index in [1.807, 2.05) is 27.7 Å². The largest absolute Gasteiger partial charge is 0.308 e. The van der Waals surface area contributed by atoms with E-state index >= 15 is 0 Å². The van der Waals surface area contributed by atoms with Crippen molar-refractivity contribution in [3.8, 4) is 0 Å². The van der Waals surface area contributed by atoms with E-state index in [9.17, 15) is 8.42 Å². The van der Waals surface area contributed by atoms with Gasteiger partial charge in [0.2, 0.25) is 0 Å². The molecule has 0 bridgehead atoms. The molecular formula is C12H22N2O2S2. The van der Waals surface area contributed by atoms with Crippen LogP contribution in [0.1, 0.15) is 41.9 Å². The van der Waals surface area contributed by atoms with Crippen LogP contribution < -0.4 is 5.32 Å². The highest BCUT2D eigenvalue weighted by atomic mass is 32.2. The lowest BCUT2D eigenvalue weighted by Crippen LogP contribution is -2.26. The summed E-state index contributed by atoms with van der Waals surface area (Å²) < 4.78 is 23.1. The smallest absolute Gasteiger partial charge is 0.151 e. The summed E-state index contributed by atoms with van der Waals surface area (Å²) in [7, 11) is -2.89. The first kappa shape index (κ1) is 15.6. The van der Waals surface area contributed by atoms with E-state index < -0.39 is 9.84 Å². The fraction of sp³-hybridized carbons (Fsp3) is 0.750. The summed E-state index contributed by atoms with van der Waals surface area (Å²) >= 11 is 1.67. The molecule has 0 spiro atoms. The Hall–Kier alpha value is -0.460. The minimum atomic E-state index is -2.89. The van der Waals surface area contributed by atoms with Crippen molar-refractivity contribution in [1.82, 2.24) is 10.3 Å². The third-order valence-electron chi connectivity index (χ3n) is 2.71. The number of nitrogens with zero attached hydrogens (tertiary/aromatic N) is 1. The monoisotopic (exact) mass is 290 g/mol. The SMILES string of the molecule is CCCS(=O)(=O)CCNC(C)c1sc(C)nc1C. The number of aryl methyl sites for hydroxylation is 2. The van der Waals surface area contributed by atoms with Crippen LogP contribution in [0.25, 0.3) is 0 Å². The van der Waals surface area contributed by atoms with E-state index in [0.29, 0.717) is 13.0 Å². The van der Waals surface area contributed by atoms with Gasteiger partial charge in [-0.2, -0.15) is 0 Å². The van der Waals surface area contributed by atoms with Gasteiger partial charge in [-0.3, -0.25) is 0 Å². The maximum Gasteiger partial charge on any atom is 0.151 e. The normalized spacial score (nSPS) is 13.8. The number of thiazole rings is 1. The maximum atomic E-state index is 11.6. The average molecular weight is 290 g/mol. The van der Waals surface area contributed by atoms with Gasteiger partial charge in [0.25, 0.3) is 0 Å². The molecule has 0 saturated heterocycles. The van der Waals surface area contributed by atoms with Crippen molar-refractivity contribution in [2.45, 2.75) is 40.2 Å². The molecule has 1 N–H and O–H groups in total. The van der Waals surface area contributed by atoms with Crippen LogP contribution in [0.2, 0.25) is 0 Å². The molecule has 1 aromatic heterocycles. The van der Waals surface area contributed by atoms with Crippen molar-refractivity contribution < 1.29 is 8.42 Å². The van der Waals surface area contributed by atoms with Crippen LogP contribution in [-0.4, -0.2) is 31.5 Å². The second kappa shape index (κ2) is 6.63. The summed E-state index contributed by atoms with van der Waals surface area (Å²) in [5, 5.41) is 4.31. The second-order valence-corrected chi connectivity index (χ2v) is 8.05. The minimum Gasteiger partial charge on any atom is -0.308 e. The lowest BCUT2D eigenvalue weighted by Gasteiger charge is -2.12. The molecule has 0 aromatic carbocycles. The second-order valence-electron chi connectivity index (χ2n) is 4.51. The topological polar surface area (TPSA) is 59.1 Å². The van der Waals surface area contributed by atoms with Gasteiger partial charge in [0.1, 0.15) is 0 Å². The molecular weight excluding hydrogens is 268 g/mol. The highest BCUT2D eigenvalue weighted by molar-refractivity contribution is 7.91. The number of aromatic nitrogens is 1. The molecule has 0 fully saturated rings. The lowest BCUT2D eigenvalue weighted by molar-refractivity contribution is 0.573. The highest BCUT2D eigenvalue weighted by Gasteiger charge is 2.14. The summed E-state index contributed by atoms with van der Waals surface area (Å²) in [6.45, 7) is 8.41. The van der Waals surface area contributed by atoms with Crippen molar-refractivity contribution in [2.75, 3.05) is 18.1 Å². The van der Waals surface area contributed by atoms with Gasteiger partial charge in [0, 0.05) is 23.2 Å². The summed E-state index contributed by atoms with van der Waals surface area (Å²) in [5.74, 6) is 0.490. The van der Waals surface area contributed by atoms with Crippen molar-refractivity contribution in [2.24, 2.45) is 0 Å². The quantitative estimate of drug-likeness (QED) is 0.836. The zero-order valence-electron chi connectivity index (χ0n) is 11.5. The molecule has 18 heavy (non-hydrogen) atoms. The molecule has 0 aliphatic rings. The molecule has 6 heteroatoms. The molecule has 0 saturated carbocycles. The first-order valence-electron chi connectivity index (χ1n) is 6.23. The van der Waals surface area contributed by atoms with E-state index in [2.05, 4.69) is 10.3 Å². The molecule has 1 unspecified atom stereocenters. The van der Waals surface area contributed by atoms with Gasteiger partial charge >= 0.3 is 0 Å². The molecule has 0 radical (unpaired) electrons. The molecule has 0 amide bonds. The molecule has 1 rings (SSSR count). The van der Waals surface area contributed by atoms with Gasteiger partial charge in [0.15, 0.2) is 9.84 Å². The van der Waals surface area contributed by atoms with E-state index in [0.717, 1.165) is 10.7 Å². The first-order chi connectivity index (χ1) is 8.35. The third-order valence-corrected chi connectivity index (χ3v) is 5.82. The summed E-state index contributed by atoms with van der Waals surface area (Å²) in [6, 6.07) is 0.160. The molecule has 0 aliphatic carbocycles. The highest BCUT2D eigenvalue weighted by Crippen LogP contribution is 2.24. The number of sulfone groups is 1. The Bertz CT molecular complexity index is 480. The van der Waals surface area contributed by atoms with Gasteiger partial charge in [0.05, 0.1) is 16.5 Å². The fourth-order valence-electron chi connectivity index (χ4n) is 1.89. The maximum absolute atomic E-state index is 11.6. The van der Waals surface area contributed by atoms with Crippen LogP contribution in [0.3, 0.4) is 0 Å². The lowest BCUT2D eigenvalue weighted by atomic mass is 10.2. The van der Waals surface area contributed by atoms with Crippen LogP contribution in [-0.2, 0) is 9.84 Å². The van der Waals surface area contributed by atoms with Crippen molar-refractivity contribution in [1.29, 1.82) is 0 Å². The molecule has 0 aliphatic heterocycles. The third kappa shape index (κ3) is 4.66. The van der Waals surface area contributed by atoms with Crippen molar-refractivity contribution in [3.63, 3.8) is 0 Å².